The first-order valence-corrected chi connectivity index (χ1v) is 5.60. The lowest BCUT2D eigenvalue weighted by Gasteiger charge is -2.06. The fourth-order valence-electron chi connectivity index (χ4n) is 1.48. The molecule has 102 valence electrons. The van der Waals surface area contributed by atoms with Crippen molar-refractivity contribution in [3.63, 3.8) is 0 Å². The van der Waals surface area contributed by atoms with Gasteiger partial charge < -0.3 is 9.84 Å². The molecular formula is C13H10N2O5. The number of aryl methyl sites for hydroxylation is 1. The van der Waals surface area contributed by atoms with Crippen LogP contribution >= 0.6 is 0 Å². The number of hydrogen-bond donors (Lipinski definition) is 1. The highest BCUT2D eigenvalue weighted by Gasteiger charge is 2.20. The third-order valence-corrected chi connectivity index (χ3v) is 2.49. The van der Waals surface area contributed by atoms with Gasteiger partial charge in [0, 0.05) is 6.07 Å². The maximum atomic E-state index is 10.9. The van der Waals surface area contributed by atoms with Crippen molar-refractivity contribution in [2.45, 2.75) is 6.92 Å². The number of nitrogens with zero attached hydrogens (tertiary/aromatic N) is 2. The lowest BCUT2D eigenvalue weighted by atomic mass is 10.2. The Labute approximate surface area is 113 Å². The monoisotopic (exact) mass is 274 g/mol. The molecule has 2 aromatic rings. The van der Waals surface area contributed by atoms with Crippen molar-refractivity contribution < 1.29 is 19.6 Å². The van der Waals surface area contributed by atoms with E-state index in [1.165, 1.54) is 0 Å². The number of benzene rings is 1. The lowest BCUT2D eigenvalue weighted by molar-refractivity contribution is -0.386. The third kappa shape index (κ3) is 2.89. The maximum Gasteiger partial charge on any atom is 0.354 e. The Morgan fingerprint density at radius 2 is 1.90 bits per heavy atom. The molecule has 0 spiro atoms. The average Bonchev–Trinajstić information content (AvgIpc) is 2.41. The number of carbonyl (C=O) groups is 1. The van der Waals surface area contributed by atoms with Crippen molar-refractivity contribution in [3.05, 3.63) is 57.8 Å². The minimum atomic E-state index is -1.28. The molecule has 7 heteroatoms. The molecule has 7 nitrogen and oxygen atoms in total. The molecule has 2 rings (SSSR count). The van der Waals surface area contributed by atoms with Gasteiger partial charge in [-0.1, -0.05) is 17.7 Å². The van der Waals surface area contributed by atoms with Gasteiger partial charge in [0.15, 0.2) is 5.69 Å². The van der Waals surface area contributed by atoms with Gasteiger partial charge in [-0.3, -0.25) is 10.1 Å². The van der Waals surface area contributed by atoms with Gasteiger partial charge in [-0.15, -0.1) is 0 Å². The third-order valence-electron chi connectivity index (χ3n) is 2.49. The molecule has 0 fully saturated rings. The fourth-order valence-corrected chi connectivity index (χ4v) is 1.48. The number of aromatic nitrogens is 1. The highest BCUT2D eigenvalue weighted by Crippen LogP contribution is 2.29. The van der Waals surface area contributed by atoms with E-state index in [-0.39, 0.29) is 11.6 Å². The van der Waals surface area contributed by atoms with Gasteiger partial charge in [0.2, 0.25) is 0 Å². The van der Waals surface area contributed by atoms with E-state index in [4.69, 9.17) is 9.84 Å². The average molecular weight is 274 g/mol. The number of hydrogen-bond acceptors (Lipinski definition) is 5. The second-order valence-corrected chi connectivity index (χ2v) is 4.00. The first-order valence-electron chi connectivity index (χ1n) is 5.60. The summed E-state index contributed by atoms with van der Waals surface area (Å²) in [7, 11) is 0. The highest BCUT2D eigenvalue weighted by molar-refractivity contribution is 5.85. The SMILES string of the molecule is Cc1ccc(Oc2nc(C(=O)O)ccc2[N+](=O)[O-])cc1. The van der Waals surface area contributed by atoms with Crippen molar-refractivity contribution >= 4 is 11.7 Å². The van der Waals surface area contributed by atoms with Gasteiger partial charge in [-0.2, -0.15) is 4.98 Å². The second kappa shape index (κ2) is 5.35. The Kier molecular flexibility index (Phi) is 3.60. The Hall–Kier alpha value is -2.96. The predicted molar refractivity (Wildman–Crippen MR) is 69.1 cm³/mol. The van der Waals surface area contributed by atoms with E-state index in [1.807, 2.05) is 6.92 Å². The van der Waals surface area contributed by atoms with Gasteiger partial charge in [0.1, 0.15) is 5.75 Å². The van der Waals surface area contributed by atoms with E-state index in [9.17, 15) is 14.9 Å². The summed E-state index contributed by atoms with van der Waals surface area (Å²) < 4.78 is 5.30. The molecule has 0 amide bonds. The number of pyridine rings is 1. The molecule has 0 radical (unpaired) electrons. The molecular weight excluding hydrogens is 264 g/mol. The molecule has 0 saturated carbocycles. The minimum absolute atomic E-state index is 0.322. The van der Waals surface area contributed by atoms with Crippen LogP contribution in [0.5, 0.6) is 11.6 Å². The van der Waals surface area contributed by atoms with E-state index >= 15 is 0 Å². The molecule has 1 aromatic carbocycles. The smallest absolute Gasteiger partial charge is 0.354 e. The number of rotatable bonds is 4. The molecule has 0 atom stereocenters. The zero-order valence-electron chi connectivity index (χ0n) is 10.4. The van der Waals surface area contributed by atoms with Crippen LogP contribution in [0.3, 0.4) is 0 Å². The first-order chi connectivity index (χ1) is 9.47. The zero-order valence-corrected chi connectivity index (χ0v) is 10.4. The van der Waals surface area contributed by atoms with Gasteiger partial charge in [-0.25, -0.2) is 4.79 Å². The van der Waals surface area contributed by atoms with Gasteiger partial charge >= 0.3 is 11.7 Å². The van der Waals surface area contributed by atoms with Crippen LogP contribution < -0.4 is 4.74 Å². The number of nitro groups is 1. The Bertz CT molecular complexity index is 667. The van der Waals surface area contributed by atoms with E-state index in [1.54, 1.807) is 24.3 Å². The van der Waals surface area contributed by atoms with Gasteiger partial charge in [0.25, 0.3) is 5.88 Å². The van der Waals surface area contributed by atoms with Crippen LogP contribution in [0.25, 0.3) is 0 Å². The van der Waals surface area contributed by atoms with Crippen LogP contribution in [0.4, 0.5) is 5.69 Å². The summed E-state index contributed by atoms with van der Waals surface area (Å²) >= 11 is 0. The molecule has 0 unspecified atom stereocenters. The van der Waals surface area contributed by atoms with E-state index in [0.717, 1.165) is 17.7 Å². The number of carboxylic acid groups (broad SMARTS) is 1. The summed E-state index contributed by atoms with van der Waals surface area (Å²) in [6.07, 6.45) is 0. The predicted octanol–water partition coefficient (Wildman–Crippen LogP) is 2.79. The fraction of sp³-hybridized carbons (Fsp3) is 0.0769. The number of carboxylic acids is 1. The summed E-state index contributed by atoms with van der Waals surface area (Å²) in [6.45, 7) is 1.88. The van der Waals surface area contributed by atoms with Gasteiger partial charge in [0.05, 0.1) is 4.92 Å². The van der Waals surface area contributed by atoms with Crippen LogP contribution in [0, 0.1) is 17.0 Å². The van der Waals surface area contributed by atoms with Crippen molar-refractivity contribution in [2.24, 2.45) is 0 Å². The van der Waals surface area contributed by atoms with E-state index < -0.39 is 16.6 Å². The molecule has 1 N–H and O–H groups in total. The summed E-state index contributed by atoms with van der Waals surface area (Å²) in [5, 5.41) is 19.7. The summed E-state index contributed by atoms with van der Waals surface area (Å²) in [5.41, 5.74) is 0.285. The summed E-state index contributed by atoms with van der Waals surface area (Å²) in [6, 6.07) is 8.88. The quantitative estimate of drug-likeness (QED) is 0.679. The molecule has 0 saturated heterocycles. The molecule has 0 bridgehead atoms. The Balaban J connectivity index is 2.41. The van der Waals surface area contributed by atoms with Crippen LogP contribution in [-0.2, 0) is 0 Å². The normalized spacial score (nSPS) is 10.1. The largest absolute Gasteiger partial charge is 0.477 e. The molecule has 0 aliphatic heterocycles. The van der Waals surface area contributed by atoms with Crippen molar-refractivity contribution in [1.29, 1.82) is 0 Å². The Morgan fingerprint density at radius 1 is 1.25 bits per heavy atom. The van der Waals surface area contributed by atoms with Crippen LogP contribution in [0.2, 0.25) is 0 Å². The molecule has 0 aliphatic rings. The molecule has 0 aliphatic carbocycles. The van der Waals surface area contributed by atoms with Crippen molar-refractivity contribution in [2.75, 3.05) is 0 Å². The molecule has 20 heavy (non-hydrogen) atoms. The minimum Gasteiger partial charge on any atom is -0.477 e. The Morgan fingerprint density at radius 3 is 2.45 bits per heavy atom. The first kappa shape index (κ1) is 13.5. The van der Waals surface area contributed by atoms with Crippen molar-refractivity contribution in [1.82, 2.24) is 4.98 Å². The lowest BCUT2D eigenvalue weighted by Crippen LogP contribution is -2.03. The zero-order chi connectivity index (χ0) is 14.7. The standard InChI is InChI=1S/C13H10N2O5/c1-8-2-4-9(5-3-8)20-12-11(15(18)19)7-6-10(14-12)13(16)17/h2-7H,1H3,(H,16,17). The summed E-state index contributed by atoms with van der Waals surface area (Å²) in [4.78, 5) is 24.7. The topological polar surface area (TPSA) is 103 Å². The van der Waals surface area contributed by atoms with Gasteiger partial charge in [-0.05, 0) is 25.1 Å². The van der Waals surface area contributed by atoms with E-state index in [2.05, 4.69) is 4.98 Å². The van der Waals surface area contributed by atoms with Crippen LogP contribution in [0.1, 0.15) is 16.1 Å². The highest BCUT2D eigenvalue weighted by atomic mass is 16.6. The number of aromatic carboxylic acids is 1. The summed E-state index contributed by atoms with van der Waals surface area (Å²) in [5.74, 6) is -1.29. The number of ether oxygens (including phenoxy) is 1. The maximum absolute atomic E-state index is 10.9. The van der Waals surface area contributed by atoms with Crippen LogP contribution in [0.15, 0.2) is 36.4 Å². The molecule has 1 aromatic heterocycles. The van der Waals surface area contributed by atoms with Crippen molar-refractivity contribution in [3.8, 4) is 11.6 Å². The molecule has 1 heterocycles. The van der Waals surface area contributed by atoms with Crippen LogP contribution in [-0.4, -0.2) is 21.0 Å². The van der Waals surface area contributed by atoms with E-state index in [0.29, 0.717) is 5.75 Å². The second-order valence-electron chi connectivity index (χ2n) is 4.00.